The smallest absolute Gasteiger partial charge is 0.242 e. The molecular weight excluding hydrogens is 230 g/mol. The van der Waals surface area contributed by atoms with Gasteiger partial charge in [-0.3, -0.25) is 9.59 Å². The summed E-state index contributed by atoms with van der Waals surface area (Å²) < 4.78 is 0. The highest BCUT2D eigenvalue weighted by Gasteiger charge is 2.30. The van der Waals surface area contributed by atoms with Gasteiger partial charge in [-0.25, -0.2) is 0 Å². The van der Waals surface area contributed by atoms with Crippen LogP contribution in [0.2, 0.25) is 0 Å². The average Bonchev–Trinajstić information content (AvgIpc) is 2.32. The molecule has 18 heavy (non-hydrogen) atoms. The average molecular weight is 255 g/mol. The van der Waals surface area contributed by atoms with E-state index in [1.54, 1.807) is 9.80 Å². The Morgan fingerprint density at radius 1 is 1.11 bits per heavy atom. The largest absolute Gasteiger partial charge is 0.332 e. The van der Waals surface area contributed by atoms with Gasteiger partial charge in [0.15, 0.2) is 0 Å². The molecule has 0 bridgehead atoms. The molecule has 1 N–H and O–H groups in total. The maximum Gasteiger partial charge on any atom is 0.242 e. The number of hydrogen-bond acceptors (Lipinski definition) is 3. The van der Waals surface area contributed by atoms with Gasteiger partial charge in [-0.1, -0.05) is 20.8 Å². The van der Waals surface area contributed by atoms with Crippen molar-refractivity contribution >= 4 is 11.8 Å². The maximum absolute atomic E-state index is 12.0. The molecule has 0 aliphatic carbocycles. The fourth-order valence-electron chi connectivity index (χ4n) is 2.17. The van der Waals surface area contributed by atoms with Crippen LogP contribution in [0.1, 0.15) is 27.7 Å². The Hall–Kier alpha value is -1.10. The van der Waals surface area contributed by atoms with Crippen LogP contribution in [0.4, 0.5) is 0 Å². The summed E-state index contributed by atoms with van der Waals surface area (Å²) in [4.78, 5) is 27.1. The molecule has 5 heteroatoms. The molecule has 0 aromatic rings. The molecule has 1 unspecified atom stereocenters. The van der Waals surface area contributed by atoms with Crippen LogP contribution in [0.5, 0.6) is 0 Å². The minimum atomic E-state index is 0.0519. The molecule has 2 amide bonds. The number of amides is 2. The van der Waals surface area contributed by atoms with E-state index in [-0.39, 0.29) is 30.9 Å². The van der Waals surface area contributed by atoms with E-state index in [0.717, 1.165) is 6.54 Å². The first kappa shape index (κ1) is 15.0. The molecule has 1 fully saturated rings. The predicted molar refractivity (Wildman–Crippen MR) is 71.1 cm³/mol. The normalized spacial score (nSPS) is 18.7. The quantitative estimate of drug-likeness (QED) is 0.743. The predicted octanol–water partition coefficient (Wildman–Crippen LogP) is 0.311. The lowest BCUT2D eigenvalue weighted by Crippen LogP contribution is -2.57. The van der Waals surface area contributed by atoms with Gasteiger partial charge in [0.25, 0.3) is 0 Å². The van der Waals surface area contributed by atoms with Crippen LogP contribution in [0.25, 0.3) is 0 Å². The summed E-state index contributed by atoms with van der Waals surface area (Å²) in [5.74, 6) is 0.549. The number of carbonyl (C=O) groups excluding carboxylic acids is 2. The van der Waals surface area contributed by atoms with Gasteiger partial charge >= 0.3 is 0 Å². The van der Waals surface area contributed by atoms with E-state index in [1.807, 2.05) is 6.92 Å². The molecule has 0 spiro atoms. The van der Waals surface area contributed by atoms with E-state index in [0.29, 0.717) is 19.0 Å². The molecule has 104 valence electrons. The molecule has 0 saturated carbocycles. The molecule has 5 nitrogen and oxygen atoms in total. The molecular formula is C13H25N3O2. The van der Waals surface area contributed by atoms with Gasteiger partial charge in [0.1, 0.15) is 0 Å². The number of likely N-dealkylation sites (N-methyl/N-ethyl adjacent to an activating group) is 2. The summed E-state index contributed by atoms with van der Waals surface area (Å²) in [6.07, 6.45) is 0. The number of nitrogens with one attached hydrogen (secondary N) is 1. The molecule has 0 aromatic carbocycles. The minimum Gasteiger partial charge on any atom is -0.332 e. The standard InChI is InChI=1S/C13H25N3O2/c1-5-14-11(10(3)4)7-16-9-12(17)15(6-2)8-13(16)18/h10-11,14H,5-9H2,1-4H3. The van der Waals surface area contributed by atoms with Crippen molar-refractivity contribution in [1.29, 1.82) is 0 Å². The van der Waals surface area contributed by atoms with Crippen LogP contribution < -0.4 is 5.32 Å². The van der Waals surface area contributed by atoms with E-state index < -0.39 is 0 Å². The lowest BCUT2D eigenvalue weighted by molar-refractivity contribution is -0.150. The van der Waals surface area contributed by atoms with Crippen LogP contribution in [0.3, 0.4) is 0 Å². The number of nitrogens with zero attached hydrogens (tertiary/aromatic N) is 2. The first-order valence-electron chi connectivity index (χ1n) is 6.78. The zero-order valence-corrected chi connectivity index (χ0v) is 11.9. The van der Waals surface area contributed by atoms with Crippen LogP contribution >= 0.6 is 0 Å². The molecule has 1 atom stereocenters. The Labute approximate surface area is 110 Å². The van der Waals surface area contributed by atoms with E-state index >= 15 is 0 Å². The van der Waals surface area contributed by atoms with Crippen molar-refractivity contribution in [2.24, 2.45) is 5.92 Å². The third-order valence-electron chi connectivity index (χ3n) is 3.43. The maximum atomic E-state index is 12.0. The van der Waals surface area contributed by atoms with E-state index in [4.69, 9.17) is 0 Å². The van der Waals surface area contributed by atoms with Gasteiger partial charge in [0.2, 0.25) is 11.8 Å². The van der Waals surface area contributed by atoms with Crippen molar-refractivity contribution in [3.8, 4) is 0 Å². The molecule has 1 aliphatic rings. The molecule has 1 heterocycles. The molecule has 1 aliphatic heterocycles. The Morgan fingerprint density at radius 2 is 1.67 bits per heavy atom. The third kappa shape index (κ3) is 3.70. The number of rotatable bonds is 6. The van der Waals surface area contributed by atoms with E-state index in [9.17, 15) is 9.59 Å². The Kier molecular flexibility index (Phi) is 5.59. The van der Waals surface area contributed by atoms with Gasteiger partial charge in [0, 0.05) is 19.1 Å². The summed E-state index contributed by atoms with van der Waals surface area (Å²) in [5, 5.41) is 3.37. The molecule has 0 aromatic heterocycles. The van der Waals surface area contributed by atoms with Gasteiger partial charge in [-0.2, -0.15) is 0 Å². The zero-order valence-electron chi connectivity index (χ0n) is 11.9. The Morgan fingerprint density at radius 3 is 2.17 bits per heavy atom. The van der Waals surface area contributed by atoms with Crippen molar-refractivity contribution in [3.63, 3.8) is 0 Å². The van der Waals surface area contributed by atoms with Crippen LogP contribution in [-0.4, -0.2) is 60.4 Å². The number of hydrogen-bond donors (Lipinski definition) is 1. The second-order valence-electron chi connectivity index (χ2n) is 5.09. The van der Waals surface area contributed by atoms with Crippen molar-refractivity contribution in [3.05, 3.63) is 0 Å². The first-order valence-corrected chi connectivity index (χ1v) is 6.78. The summed E-state index contributed by atoms with van der Waals surface area (Å²) in [5.41, 5.74) is 0. The van der Waals surface area contributed by atoms with Crippen LogP contribution in [0.15, 0.2) is 0 Å². The lowest BCUT2D eigenvalue weighted by Gasteiger charge is -2.36. The number of piperazine rings is 1. The van der Waals surface area contributed by atoms with Crippen LogP contribution in [-0.2, 0) is 9.59 Å². The summed E-state index contributed by atoms with van der Waals surface area (Å²) in [6, 6.07) is 0.250. The molecule has 1 saturated heterocycles. The zero-order chi connectivity index (χ0) is 13.7. The first-order chi connectivity index (χ1) is 8.49. The van der Waals surface area contributed by atoms with Gasteiger partial charge < -0.3 is 15.1 Å². The number of carbonyl (C=O) groups is 2. The monoisotopic (exact) mass is 255 g/mol. The summed E-state index contributed by atoms with van der Waals surface area (Å²) >= 11 is 0. The van der Waals surface area contributed by atoms with Crippen molar-refractivity contribution in [2.45, 2.75) is 33.7 Å². The molecule has 1 rings (SSSR count). The third-order valence-corrected chi connectivity index (χ3v) is 3.43. The fourth-order valence-corrected chi connectivity index (χ4v) is 2.17. The lowest BCUT2D eigenvalue weighted by atomic mass is 10.0. The Balaban J connectivity index is 2.61. The Bertz CT molecular complexity index is 305. The van der Waals surface area contributed by atoms with Crippen molar-refractivity contribution < 1.29 is 9.59 Å². The van der Waals surface area contributed by atoms with Crippen molar-refractivity contribution in [2.75, 3.05) is 32.7 Å². The molecule has 0 radical (unpaired) electrons. The highest BCUT2D eigenvalue weighted by atomic mass is 16.2. The van der Waals surface area contributed by atoms with Crippen molar-refractivity contribution in [1.82, 2.24) is 15.1 Å². The summed E-state index contributed by atoms with van der Waals surface area (Å²) in [7, 11) is 0. The second-order valence-corrected chi connectivity index (χ2v) is 5.09. The van der Waals surface area contributed by atoms with E-state index in [1.165, 1.54) is 0 Å². The highest BCUT2D eigenvalue weighted by Crippen LogP contribution is 2.09. The fraction of sp³-hybridized carbons (Fsp3) is 0.846. The van der Waals surface area contributed by atoms with Gasteiger partial charge in [0.05, 0.1) is 13.1 Å². The van der Waals surface area contributed by atoms with Gasteiger partial charge in [-0.05, 0) is 19.4 Å². The minimum absolute atomic E-state index is 0.0519. The summed E-state index contributed by atoms with van der Waals surface area (Å²) in [6.45, 7) is 10.8. The highest BCUT2D eigenvalue weighted by molar-refractivity contribution is 5.92. The van der Waals surface area contributed by atoms with Gasteiger partial charge in [-0.15, -0.1) is 0 Å². The van der Waals surface area contributed by atoms with Crippen LogP contribution in [0, 0.1) is 5.92 Å². The van der Waals surface area contributed by atoms with E-state index in [2.05, 4.69) is 26.1 Å². The SMILES string of the molecule is CCNC(CN1CC(=O)N(CC)CC1=O)C(C)C. The second kappa shape index (κ2) is 6.73. The topological polar surface area (TPSA) is 52.7 Å².